The molecule has 1 aliphatic rings. The van der Waals surface area contributed by atoms with Crippen LogP contribution in [0.25, 0.3) is 11.0 Å². The van der Waals surface area contributed by atoms with Crippen LogP contribution in [-0.4, -0.2) is 37.9 Å². The van der Waals surface area contributed by atoms with Gasteiger partial charge in [0.25, 0.3) is 0 Å². The standard InChI is InChI=1S/C21H22N4O3/c1-12-4-2-3-5-15(12)18(26)16-10-22-19-17(16)20(24-11-23-19)25-14-8-6-13(7-9-14)21(27)28/h2-5,10-11,13-14H,6-9H2,1H3,(H,27,28)(H2,22,23,24,25). The number of carboxylic acids is 1. The molecule has 28 heavy (non-hydrogen) atoms. The van der Waals surface area contributed by atoms with Gasteiger partial charge in [-0.25, -0.2) is 9.97 Å². The lowest BCUT2D eigenvalue weighted by Crippen LogP contribution is -2.29. The molecule has 0 aliphatic heterocycles. The maximum Gasteiger partial charge on any atom is 0.306 e. The minimum absolute atomic E-state index is 0.0724. The maximum absolute atomic E-state index is 13.1. The average molecular weight is 378 g/mol. The molecule has 1 saturated carbocycles. The Morgan fingerprint density at radius 1 is 1.11 bits per heavy atom. The van der Waals surface area contributed by atoms with Crippen molar-refractivity contribution in [2.24, 2.45) is 5.92 Å². The van der Waals surface area contributed by atoms with Crippen molar-refractivity contribution in [3.05, 3.63) is 53.5 Å². The third kappa shape index (κ3) is 3.35. The average Bonchev–Trinajstić information content (AvgIpc) is 3.13. The van der Waals surface area contributed by atoms with E-state index in [9.17, 15) is 14.7 Å². The summed E-state index contributed by atoms with van der Waals surface area (Å²) in [7, 11) is 0. The number of fused-ring (bicyclic) bond motifs is 1. The predicted molar refractivity (Wildman–Crippen MR) is 106 cm³/mol. The number of aromatic amines is 1. The number of nitrogens with one attached hydrogen (secondary N) is 2. The molecule has 0 amide bonds. The number of carbonyl (C=O) groups is 2. The highest BCUT2D eigenvalue weighted by Crippen LogP contribution is 2.30. The summed E-state index contributed by atoms with van der Waals surface area (Å²) in [6.07, 6.45) is 5.95. The number of aryl methyl sites for hydroxylation is 1. The molecule has 4 rings (SSSR count). The number of hydrogen-bond donors (Lipinski definition) is 3. The fraction of sp³-hybridized carbons (Fsp3) is 0.333. The Morgan fingerprint density at radius 3 is 2.57 bits per heavy atom. The van der Waals surface area contributed by atoms with Crippen LogP contribution in [0.5, 0.6) is 0 Å². The van der Waals surface area contributed by atoms with Crippen LogP contribution < -0.4 is 5.32 Å². The minimum Gasteiger partial charge on any atom is -0.481 e. The molecule has 0 saturated heterocycles. The van der Waals surface area contributed by atoms with Crippen molar-refractivity contribution in [2.45, 2.75) is 38.6 Å². The van der Waals surface area contributed by atoms with Crippen LogP contribution >= 0.6 is 0 Å². The maximum atomic E-state index is 13.1. The highest BCUT2D eigenvalue weighted by Gasteiger charge is 2.27. The monoisotopic (exact) mass is 378 g/mol. The summed E-state index contributed by atoms with van der Waals surface area (Å²) in [6.45, 7) is 1.92. The Kier molecular flexibility index (Phi) is 4.81. The van der Waals surface area contributed by atoms with Crippen molar-refractivity contribution in [1.82, 2.24) is 15.0 Å². The van der Waals surface area contributed by atoms with Gasteiger partial charge in [-0.15, -0.1) is 0 Å². The van der Waals surface area contributed by atoms with Crippen LogP contribution in [0.2, 0.25) is 0 Å². The zero-order chi connectivity index (χ0) is 19.7. The number of anilines is 1. The number of nitrogens with zero attached hydrogens (tertiary/aromatic N) is 2. The lowest BCUT2D eigenvalue weighted by molar-refractivity contribution is -0.142. The number of benzene rings is 1. The number of ketones is 1. The molecule has 1 fully saturated rings. The minimum atomic E-state index is -0.723. The number of aromatic nitrogens is 3. The molecule has 3 N–H and O–H groups in total. The molecular weight excluding hydrogens is 356 g/mol. The lowest BCUT2D eigenvalue weighted by Gasteiger charge is -2.27. The number of aliphatic carboxylic acids is 1. The van der Waals surface area contributed by atoms with E-state index >= 15 is 0 Å². The third-order valence-corrected chi connectivity index (χ3v) is 5.52. The van der Waals surface area contributed by atoms with E-state index < -0.39 is 5.97 Å². The Labute approximate surface area is 162 Å². The van der Waals surface area contributed by atoms with Gasteiger partial charge in [-0.05, 0) is 38.2 Å². The Morgan fingerprint density at radius 2 is 1.86 bits per heavy atom. The van der Waals surface area contributed by atoms with Crippen LogP contribution in [-0.2, 0) is 4.79 Å². The molecule has 2 aromatic heterocycles. The first kappa shape index (κ1) is 18.2. The smallest absolute Gasteiger partial charge is 0.306 e. The van der Waals surface area contributed by atoms with E-state index in [0.717, 1.165) is 18.4 Å². The molecule has 0 unspecified atom stereocenters. The number of hydrogen-bond acceptors (Lipinski definition) is 5. The van der Waals surface area contributed by atoms with Crippen LogP contribution in [0.15, 0.2) is 36.8 Å². The Hall–Kier alpha value is -3.22. The summed E-state index contributed by atoms with van der Waals surface area (Å²) >= 11 is 0. The van der Waals surface area contributed by atoms with Crippen molar-refractivity contribution >= 4 is 28.6 Å². The van der Waals surface area contributed by atoms with Gasteiger partial charge in [0.05, 0.1) is 16.9 Å². The predicted octanol–water partition coefficient (Wildman–Crippen LogP) is 3.55. The first-order chi connectivity index (χ1) is 13.5. The first-order valence-corrected chi connectivity index (χ1v) is 9.46. The molecule has 0 radical (unpaired) electrons. The van der Waals surface area contributed by atoms with E-state index in [1.807, 2.05) is 31.2 Å². The van der Waals surface area contributed by atoms with E-state index in [-0.39, 0.29) is 17.7 Å². The van der Waals surface area contributed by atoms with E-state index in [1.165, 1.54) is 6.33 Å². The van der Waals surface area contributed by atoms with E-state index in [4.69, 9.17) is 0 Å². The van der Waals surface area contributed by atoms with Crippen molar-refractivity contribution in [3.8, 4) is 0 Å². The first-order valence-electron chi connectivity index (χ1n) is 9.46. The van der Waals surface area contributed by atoms with Crippen LogP contribution in [0.1, 0.15) is 47.2 Å². The SMILES string of the molecule is Cc1ccccc1C(=O)c1c[nH]c2ncnc(NC3CCC(C(=O)O)CC3)c12. The van der Waals surface area contributed by atoms with E-state index in [0.29, 0.717) is 40.8 Å². The second-order valence-electron chi connectivity index (χ2n) is 7.32. The number of rotatable bonds is 5. The third-order valence-electron chi connectivity index (χ3n) is 5.52. The van der Waals surface area contributed by atoms with Gasteiger partial charge in [-0.3, -0.25) is 9.59 Å². The molecular formula is C21H22N4O3. The van der Waals surface area contributed by atoms with Crippen molar-refractivity contribution in [1.29, 1.82) is 0 Å². The fourth-order valence-corrected chi connectivity index (χ4v) is 3.90. The summed E-state index contributed by atoms with van der Waals surface area (Å²) in [5.74, 6) is -0.452. The molecule has 3 aromatic rings. The highest BCUT2D eigenvalue weighted by atomic mass is 16.4. The van der Waals surface area contributed by atoms with Gasteiger partial charge < -0.3 is 15.4 Å². The molecule has 1 aliphatic carbocycles. The number of H-pyrrole nitrogens is 1. The molecule has 1 aromatic carbocycles. The zero-order valence-corrected chi connectivity index (χ0v) is 15.6. The normalized spacial score (nSPS) is 19.5. The summed E-state index contributed by atoms with van der Waals surface area (Å²) in [4.78, 5) is 36.0. The van der Waals surface area contributed by atoms with E-state index in [1.54, 1.807) is 6.20 Å². The number of carboxylic acid groups (broad SMARTS) is 1. The topological polar surface area (TPSA) is 108 Å². The Balaban J connectivity index is 1.64. The van der Waals surface area contributed by atoms with Gasteiger partial charge in [0, 0.05) is 17.8 Å². The molecule has 0 bridgehead atoms. The van der Waals surface area contributed by atoms with Crippen LogP contribution in [0.3, 0.4) is 0 Å². The van der Waals surface area contributed by atoms with Gasteiger partial charge >= 0.3 is 5.97 Å². The van der Waals surface area contributed by atoms with E-state index in [2.05, 4.69) is 20.3 Å². The summed E-state index contributed by atoms with van der Waals surface area (Å²) < 4.78 is 0. The zero-order valence-electron chi connectivity index (χ0n) is 15.6. The molecule has 7 heteroatoms. The molecule has 7 nitrogen and oxygen atoms in total. The second-order valence-corrected chi connectivity index (χ2v) is 7.32. The lowest BCUT2D eigenvalue weighted by atomic mass is 9.86. The largest absolute Gasteiger partial charge is 0.481 e. The van der Waals surface area contributed by atoms with Crippen molar-refractivity contribution in [3.63, 3.8) is 0 Å². The summed E-state index contributed by atoms with van der Waals surface area (Å²) in [5, 5.41) is 13.3. The van der Waals surface area contributed by atoms with Gasteiger partial charge in [-0.2, -0.15) is 0 Å². The summed E-state index contributed by atoms with van der Waals surface area (Å²) in [6, 6.07) is 7.63. The second kappa shape index (κ2) is 7.42. The van der Waals surface area contributed by atoms with Crippen molar-refractivity contribution < 1.29 is 14.7 Å². The number of carbonyl (C=O) groups excluding carboxylic acids is 1. The summed E-state index contributed by atoms with van der Waals surface area (Å²) in [5.41, 5.74) is 2.71. The molecule has 0 spiro atoms. The fourth-order valence-electron chi connectivity index (χ4n) is 3.90. The molecule has 144 valence electrons. The van der Waals surface area contributed by atoms with Crippen LogP contribution in [0.4, 0.5) is 5.82 Å². The van der Waals surface area contributed by atoms with Gasteiger partial charge in [0.2, 0.25) is 0 Å². The molecule has 0 atom stereocenters. The quantitative estimate of drug-likeness (QED) is 0.586. The van der Waals surface area contributed by atoms with Gasteiger partial charge in [-0.1, -0.05) is 24.3 Å². The Bertz CT molecular complexity index is 1040. The molecule has 2 heterocycles. The van der Waals surface area contributed by atoms with Gasteiger partial charge in [0.1, 0.15) is 17.8 Å². The van der Waals surface area contributed by atoms with Gasteiger partial charge in [0.15, 0.2) is 5.78 Å². The van der Waals surface area contributed by atoms with Crippen molar-refractivity contribution in [2.75, 3.05) is 5.32 Å². The highest BCUT2D eigenvalue weighted by molar-refractivity contribution is 6.18. The van der Waals surface area contributed by atoms with Crippen LogP contribution in [0, 0.1) is 12.8 Å².